The molecule has 2 aromatic heterocycles. The number of hydrogen-bond acceptors (Lipinski definition) is 6. The van der Waals surface area contributed by atoms with Gasteiger partial charge in [-0.2, -0.15) is 16.7 Å². The van der Waals surface area contributed by atoms with E-state index in [0.717, 1.165) is 23.1 Å². The smallest absolute Gasteiger partial charge is 0.225 e. The lowest BCUT2D eigenvalue weighted by Gasteiger charge is -2.34. The first-order valence-electron chi connectivity index (χ1n) is 6.49. The monoisotopic (exact) mass is 294 g/mol. The number of nitrogens with zero attached hydrogens (tertiary/aromatic N) is 3. The molecule has 1 atom stereocenters. The highest BCUT2D eigenvalue weighted by Crippen LogP contribution is 2.34. The molecule has 1 aliphatic rings. The predicted octanol–water partition coefficient (Wildman–Crippen LogP) is 2.98. The second-order valence-corrected chi connectivity index (χ2v) is 7.20. The van der Waals surface area contributed by atoms with Gasteiger partial charge in [0.05, 0.1) is 5.39 Å². The molecule has 0 amide bonds. The van der Waals surface area contributed by atoms with Gasteiger partial charge < -0.3 is 10.2 Å². The summed E-state index contributed by atoms with van der Waals surface area (Å²) in [4.78, 5) is 14.1. The van der Waals surface area contributed by atoms with Crippen LogP contribution in [0.5, 0.6) is 0 Å². The van der Waals surface area contributed by atoms with E-state index in [9.17, 15) is 0 Å². The Morgan fingerprint density at radius 2 is 2.26 bits per heavy atom. The molecule has 0 aliphatic carbocycles. The van der Waals surface area contributed by atoms with Crippen molar-refractivity contribution in [2.24, 2.45) is 0 Å². The number of hydrogen-bond donors (Lipinski definition) is 1. The van der Waals surface area contributed by atoms with Gasteiger partial charge in [0.2, 0.25) is 5.95 Å². The molecule has 3 heterocycles. The van der Waals surface area contributed by atoms with E-state index >= 15 is 0 Å². The Labute approximate surface area is 121 Å². The molecule has 3 rings (SSSR count). The van der Waals surface area contributed by atoms with Crippen molar-refractivity contribution >= 4 is 45.1 Å². The van der Waals surface area contributed by atoms with Crippen LogP contribution in [0.25, 0.3) is 10.2 Å². The minimum Gasteiger partial charge on any atom is -0.357 e. The van der Waals surface area contributed by atoms with E-state index in [1.54, 1.807) is 11.3 Å². The maximum absolute atomic E-state index is 4.71. The van der Waals surface area contributed by atoms with Crippen LogP contribution in [0, 0.1) is 6.92 Å². The maximum Gasteiger partial charge on any atom is 0.225 e. The van der Waals surface area contributed by atoms with Crippen LogP contribution in [0.15, 0.2) is 6.07 Å². The number of aryl methyl sites for hydroxylation is 1. The zero-order valence-corrected chi connectivity index (χ0v) is 13.1. The van der Waals surface area contributed by atoms with Gasteiger partial charge in [-0.15, -0.1) is 11.3 Å². The zero-order valence-electron chi connectivity index (χ0n) is 11.4. The van der Waals surface area contributed by atoms with Gasteiger partial charge >= 0.3 is 0 Å². The number of fused-ring (bicyclic) bond motifs is 1. The highest BCUT2D eigenvalue weighted by molar-refractivity contribution is 7.99. The summed E-state index contributed by atoms with van der Waals surface area (Å²) in [6.07, 6.45) is 0. The van der Waals surface area contributed by atoms with Crippen molar-refractivity contribution in [3.8, 4) is 0 Å². The van der Waals surface area contributed by atoms with Crippen molar-refractivity contribution in [2.45, 2.75) is 19.9 Å². The molecule has 0 saturated carbocycles. The zero-order chi connectivity index (χ0) is 13.4. The van der Waals surface area contributed by atoms with Crippen molar-refractivity contribution in [1.82, 2.24) is 9.97 Å². The van der Waals surface area contributed by atoms with Gasteiger partial charge in [-0.1, -0.05) is 0 Å². The molecule has 0 radical (unpaired) electrons. The number of nitrogens with one attached hydrogen (secondary N) is 1. The topological polar surface area (TPSA) is 41.1 Å². The lowest BCUT2D eigenvalue weighted by molar-refractivity contribution is 0.692. The quantitative estimate of drug-likeness (QED) is 0.922. The molecule has 1 fully saturated rings. The first kappa shape index (κ1) is 13.0. The molecule has 19 heavy (non-hydrogen) atoms. The normalized spacial score (nSPS) is 19.9. The molecular formula is C13H18N4S2. The summed E-state index contributed by atoms with van der Waals surface area (Å²) in [6.45, 7) is 5.47. The number of rotatable bonds is 2. The third-order valence-electron chi connectivity index (χ3n) is 3.36. The van der Waals surface area contributed by atoms with Gasteiger partial charge in [-0.3, -0.25) is 0 Å². The first-order valence-corrected chi connectivity index (χ1v) is 8.46. The summed E-state index contributed by atoms with van der Waals surface area (Å²) < 4.78 is 0. The van der Waals surface area contributed by atoms with E-state index in [-0.39, 0.29) is 0 Å². The highest BCUT2D eigenvalue weighted by atomic mass is 32.2. The molecule has 102 valence electrons. The Kier molecular flexibility index (Phi) is 3.54. The van der Waals surface area contributed by atoms with E-state index in [2.05, 4.69) is 35.1 Å². The molecule has 0 spiro atoms. The van der Waals surface area contributed by atoms with Crippen LogP contribution >= 0.6 is 23.1 Å². The molecule has 1 unspecified atom stereocenters. The second-order valence-electron chi connectivity index (χ2n) is 4.81. The van der Waals surface area contributed by atoms with Crippen molar-refractivity contribution in [3.63, 3.8) is 0 Å². The summed E-state index contributed by atoms with van der Waals surface area (Å²) in [5, 5.41) is 4.27. The van der Waals surface area contributed by atoms with Gasteiger partial charge in [0.15, 0.2) is 0 Å². The lowest BCUT2D eigenvalue weighted by Crippen LogP contribution is -2.41. The van der Waals surface area contributed by atoms with E-state index < -0.39 is 0 Å². The highest BCUT2D eigenvalue weighted by Gasteiger charge is 2.23. The summed E-state index contributed by atoms with van der Waals surface area (Å²) in [7, 11) is 1.88. The van der Waals surface area contributed by atoms with Gasteiger partial charge in [0, 0.05) is 36.0 Å². The predicted molar refractivity (Wildman–Crippen MR) is 85.8 cm³/mol. The Bertz CT molecular complexity index is 596. The summed E-state index contributed by atoms with van der Waals surface area (Å²) in [5.74, 6) is 4.15. The van der Waals surface area contributed by atoms with Crippen molar-refractivity contribution in [3.05, 3.63) is 10.9 Å². The number of aromatic nitrogens is 2. The Balaban J connectivity index is 2.14. The summed E-state index contributed by atoms with van der Waals surface area (Å²) in [5.41, 5.74) is 0. The first-order chi connectivity index (χ1) is 9.19. The van der Waals surface area contributed by atoms with Crippen molar-refractivity contribution in [2.75, 3.05) is 35.3 Å². The van der Waals surface area contributed by atoms with Gasteiger partial charge in [0.25, 0.3) is 0 Å². The van der Waals surface area contributed by atoms with Crippen LogP contribution in [0.2, 0.25) is 0 Å². The number of thiophene rings is 1. The fourth-order valence-corrected chi connectivity index (χ4v) is 4.29. The molecular weight excluding hydrogens is 276 g/mol. The van der Waals surface area contributed by atoms with Crippen molar-refractivity contribution in [1.29, 1.82) is 0 Å². The Hall–Kier alpha value is -1.01. The SMILES string of the molecule is CNc1nc(N2CCSCC2C)c2cc(C)sc2n1. The third kappa shape index (κ3) is 2.39. The van der Waals surface area contributed by atoms with E-state index in [0.29, 0.717) is 6.04 Å². The summed E-state index contributed by atoms with van der Waals surface area (Å²) >= 11 is 3.76. The van der Waals surface area contributed by atoms with Crippen LogP contribution in [-0.2, 0) is 0 Å². The van der Waals surface area contributed by atoms with Crippen LogP contribution < -0.4 is 10.2 Å². The molecule has 2 aromatic rings. The van der Waals surface area contributed by atoms with Gasteiger partial charge in [-0.25, -0.2) is 4.98 Å². The van der Waals surface area contributed by atoms with E-state index in [4.69, 9.17) is 4.98 Å². The Morgan fingerprint density at radius 3 is 3.00 bits per heavy atom. The van der Waals surface area contributed by atoms with Gasteiger partial charge in [-0.05, 0) is 19.9 Å². The molecule has 0 aromatic carbocycles. The average Bonchev–Trinajstić information content (AvgIpc) is 2.78. The second kappa shape index (κ2) is 5.17. The molecule has 1 N–H and O–H groups in total. The average molecular weight is 294 g/mol. The van der Waals surface area contributed by atoms with Crippen LogP contribution in [0.1, 0.15) is 11.8 Å². The minimum absolute atomic E-state index is 0.529. The largest absolute Gasteiger partial charge is 0.357 e. The van der Waals surface area contributed by atoms with E-state index in [1.165, 1.54) is 21.8 Å². The molecule has 6 heteroatoms. The molecule has 1 saturated heterocycles. The standard InChI is InChI=1S/C13H18N4S2/c1-8-7-18-5-4-17(8)11-10-6-9(2)19-12(10)16-13(14-3)15-11/h6,8H,4-5,7H2,1-3H3,(H,14,15,16). The molecule has 4 nitrogen and oxygen atoms in total. The maximum atomic E-state index is 4.71. The van der Waals surface area contributed by atoms with Crippen molar-refractivity contribution < 1.29 is 0 Å². The van der Waals surface area contributed by atoms with Gasteiger partial charge in [0.1, 0.15) is 10.6 Å². The number of thioether (sulfide) groups is 1. The molecule has 0 bridgehead atoms. The fraction of sp³-hybridized carbons (Fsp3) is 0.538. The van der Waals surface area contributed by atoms with Crippen LogP contribution in [-0.4, -0.2) is 41.1 Å². The lowest BCUT2D eigenvalue weighted by atomic mass is 10.2. The van der Waals surface area contributed by atoms with Crippen LogP contribution in [0.4, 0.5) is 11.8 Å². The summed E-state index contributed by atoms with van der Waals surface area (Å²) in [6, 6.07) is 2.74. The number of anilines is 2. The third-order valence-corrected chi connectivity index (χ3v) is 5.49. The van der Waals surface area contributed by atoms with E-state index in [1.807, 2.05) is 18.8 Å². The minimum atomic E-state index is 0.529. The Morgan fingerprint density at radius 1 is 1.42 bits per heavy atom. The fourth-order valence-electron chi connectivity index (χ4n) is 2.40. The van der Waals surface area contributed by atoms with Crippen LogP contribution in [0.3, 0.4) is 0 Å². The molecule has 1 aliphatic heterocycles.